The molecule has 0 aliphatic heterocycles. The van der Waals surface area contributed by atoms with Crippen LogP contribution in [-0.2, 0) is 0 Å². The molecule has 5 heteroatoms. The van der Waals surface area contributed by atoms with Crippen LogP contribution in [0.1, 0.15) is 24.2 Å². The van der Waals surface area contributed by atoms with Gasteiger partial charge in [0.2, 0.25) is 0 Å². The van der Waals surface area contributed by atoms with Crippen LogP contribution in [0.3, 0.4) is 0 Å². The smallest absolute Gasteiger partial charge is 0.119 e. The Kier molecular flexibility index (Phi) is 3.92. The number of nitrogens with zero attached hydrogens (tertiary/aromatic N) is 3. The number of hydrogen-bond donors (Lipinski definition) is 1. The Morgan fingerprint density at radius 3 is 2.83 bits per heavy atom. The summed E-state index contributed by atoms with van der Waals surface area (Å²) in [5.74, 6) is 0. The van der Waals surface area contributed by atoms with Gasteiger partial charge in [0.15, 0.2) is 0 Å². The second-order valence-electron chi connectivity index (χ2n) is 3.69. The van der Waals surface area contributed by atoms with Gasteiger partial charge < -0.3 is 5.11 Å². The van der Waals surface area contributed by atoms with Crippen LogP contribution >= 0.6 is 11.8 Å². The lowest BCUT2D eigenvalue weighted by Crippen LogP contribution is -1.95. The third-order valence-corrected chi connectivity index (χ3v) is 3.34. The molecule has 1 unspecified atom stereocenters. The highest BCUT2D eigenvalue weighted by molar-refractivity contribution is 7.99. The van der Waals surface area contributed by atoms with Gasteiger partial charge in [-0.15, -0.1) is 0 Å². The summed E-state index contributed by atoms with van der Waals surface area (Å²) in [6.07, 6.45) is 4.27. The van der Waals surface area contributed by atoms with Crippen molar-refractivity contribution in [2.24, 2.45) is 0 Å². The van der Waals surface area contributed by atoms with Crippen LogP contribution in [-0.4, -0.2) is 15.1 Å². The molecule has 1 aromatic carbocycles. The highest BCUT2D eigenvalue weighted by atomic mass is 32.2. The Labute approximate surface area is 109 Å². The highest BCUT2D eigenvalue weighted by Crippen LogP contribution is 2.32. The Bertz CT molecular complexity index is 579. The van der Waals surface area contributed by atoms with Crippen LogP contribution in [0.4, 0.5) is 0 Å². The Balaban J connectivity index is 2.39. The molecule has 90 valence electrons. The largest absolute Gasteiger partial charge is 0.389 e. The topological polar surface area (TPSA) is 69.8 Å². The van der Waals surface area contributed by atoms with E-state index in [4.69, 9.17) is 5.26 Å². The van der Waals surface area contributed by atoms with E-state index in [-0.39, 0.29) is 0 Å². The first-order valence-electron chi connectivity index (χ1n) is 5.36. The van der Waals surface area contributed by atoms with E-state index >= 15 is 0 Å². The molecule has 0 aliphatic carbocycles. The summed E-state index contributed by atoms with van der Waals surface area (Å²) in [6, 6.07) is 7.30. The molecule has 2 rings (SSSR count). The number of aromatic nitrogens is 2. The summed E-state index contributed by atoms with van der Waals surface area (Å²) in [5, 5.41) is 19.4. The van der Waals surface area contributed by atoms with Gasteiger partial charge in [-0.05, 0) is 24.6 Å². The van der Waals surface area contributed by atoms with Crippen LogP contribution in [0.15, 0.2) is 46.7 Å². The van der Waals surface area contributed by atoms with E-state index in [0.29, 0.717) is 5.56 Å². The van der Waals surface area contributed by atoms with Gasteiger partial charge in [-0.25, -0.2) is 4.98 Å². The Morgan fingerprint density at radius 2 is 2.22 bits per heavy atom. The minimum Gasteiger partial charge on any atom is -0.389 e. The number of benzene rings is 1. The first kappa shape index (κ1) is 12.6. The van der Waals surface area contributed by atoms with Gasteiger partial charge >= 0.3 is 0 Å². The fourth-order valence-corrected chi connectivity index (χ4v) is 2.48. The van der Waals surface area contributed by atoms with E-state index < -0.39 is 6.10 Å². The first-order chi connectivity index (χ1) is 8.70. The number of rotatable bonds is 3. The van der Waals surface area contributed by atoms with Crippen molar-refractivity contribution in [3.05, 3.63) is 47.9 Å². The van der Waals surface area contributed by atoms with E-state index in [1.165, 1.54) is 11.8 Å². The number of aliphatic hydroxyl groups is 1. The van der Waals surface area contributed by atoms with E-state index in [1.54, 1.807) is 43.7 Å². The summed E-state index contributed by atoms with van der Waals surface area (Å²) in [5.41, 5.74) is 1.34. The monoisotopic (exact) mass is 257 g/mol. The first-order valence-corrected chi connectivity index (χ1v) is 6.18. The lowest BCUT2D eigenvalue weighted by atomic mass is 10.1. The molecule has 2 aromatic rings. The van der Waals surface area contributed by atoms with Gasteiger partial charge in [0.25, 0.3) is 0 Å². The van der Waals surface area contributed by atoms with Crippen molar-refractivity contribution in [2.75, 3.05) is 0 Å². The zero-order valence-electron chi connectivity index (χ0n) is 9.74. The summed E-state index contributed by atoms with van der Waals surface area (Å²) < 4.78 is 0. The third kappa shape index (κ3) is 2.86. The van der Waals surface area contributed by atoms with Crippen LogP contribution in [0.5, 0.6) is 0 Å². The summed E-state index contributed by atoms with van der Waals surface area (Å²) in [4.78, 5) is 8.98. The quantitative estimate of drug-likeness (QED) is 0.915. The molecule has 0 fully saturated rings. The molecule has 1 aromatic heterocycles. The molecule has 18 heavy (non-hydrogen) atoms. The molecule has 0 spiro atoms. The number of aliphatic hydroxyl groups excluding tert-OH is 1. The van der Waals surface area contributed by atoms with E-state index in [0.717, 1.165) is 15.5 Å². The van der Waals surface area contributed by atoms with Crippen molar-refractivity contribution in [1.82, 2.24) is 9.97 Å². The molecule has 1 atom stereocenters. The molecule has 4 nitrogen and oxygen atoms in total. The van der Waals surface area contributed by atoms with Gasteiger partial charge in [-0.2, -0.15) is 5.26 Å². The summed E-state index contributed by atoms with van der Waals surface area (Å²) in [6.45, 7) is 1.70. The molecule has 0 saturated heterocycles. The third-order valence-electron chi connectivity index (χ3n) is 2.35. The van der Waals surface area contributed by atoms with Crippen LogP contribution in [0.2, 0.25) is 0 Å². The van der Waals surface area contributed by atoms with E-state index in [9.17, 15) is 5.11 Å². The lowest BCUT2D eigenvalue weighted by Gasteiger charge is -2.11. The predicted octanol–water partition coefficient (Wildman–Crippen LogP) is 2.55. The molecular formula is C13H11N3OS. The maximum atomic E-state index is 9.71. The highest BCUT2D eigenvalue weighted by Gasteiger charge is 2.11. The maximum absolute atomic E-state index is 9.71. The zero-order valence-corrected chi connectivity index (χ0v) is 10.6. The predicted molar refractivity (Wildman–Crippen MR) is 67.9 cm³/mol. The zero-order chi connectivity index (χ0) is 13.0. The van der Waals surface area contributed by atoms with Crippen molar-refractivity contribution in [3.8, 4) is 6.07 Å². The van der Waals surface area contributed by atoms with Gasteiger partial charge in [0.1, 0.15) is 5.03 Å². The lowest BCUT2D eigenvalue weighted by molar-refractivity contribution is 0.196. The normalized spacial score (nSPS) is 11.8. The summed E-state index contributed by atoms with van der Waals surface area (Å²) >= 11 is 1.39. The van der Waals surface area contributed by atoms with E-state index in [2.05, 4.69) is 16.0 Å². The van der Waals surface area contributed by atoms with Crippen LogP contribution < -0.4 is 0 Å². The van der Waals surface area contributed by atoms with E-state index in [1.807, 2.05) is 0 Å². The molecule has 0 amide bonds. The van der Waals surface area contributed by atoms with Gasteiger partial charge in [0.05, 0.1) is 23.9 Å². The SMILES string of the molecule is CC(O)c1ccc(C#N)cc1Sc1cnccn1. The van der Waals surface area contributed by atoms with Crippen molar-refractivity contribution in [1.29, 1.82) is 5.26 Å². The fraction of sp³-hybridized carbons (Fsp3) is 0.154. The minimum absolute atomic E-state index is 0.561. The van der Waals surface area contributed by atoms with Crippen molar-refractivity contribution >= 4 is 11.8 Å². The van der Waals surface area contributed by atoms with Crippen molar-refractivity contribution in [2.45, 2.75) is 22.9 Å². The Hall–Kier alpha value is -1.90. The van der Waals surface area contributed by atoms with Gasteiger partial charge in [0, 0.05) is 17.3 Å². The Morgan fingerprint density at radius 1 is 1.39 bits per heavy atom. The standard InChI is InChI=1S/C13H11N3OS/c1-9(17)11-3-2-10(7-14)6-12(11)18-13-8-15-4-5-16-13/h2-6,8-9,17H,1H3. The minimum atomic E-state index is -0.586. The van der Waals surface area contributed by atoms with Crippen molar-refractivity contribution < 1.29 is 5.11 Å². The molecule has 1 heterocycles. The van der Waals surface area contributed by atoms with Gasteiger partial charge in [-0.1, -0.05) is 17.8 Å². The van der Waals surface area contributed by atoms with Crippen LogP contribution in [0.25, 0.3) is 0 Å². The fourth-order valence-electron chi connectivity index (χ4n) is 1.49. The van der Waals surface area contributed by atoms with Gasteiger partial charge in [-0.3, -0.25) is 4.98 Å². The molecule has 0 saturated carbocycles. The summed E-state index contributed by atoms with van der Waals surface area (Å²) in [7, 11) is 0. The number of hydrogen-bond acceptors (Lipinski definition) is 5. The molecule has 0 radical (unpaired) electrons. The van der Waals surface area contributed by atoms with Crippen molar-refractivity contribution in [3.63, 3.8) is 0 Å². The number of nitriles is 1. The maximum Gasteiger partial charge on any atom is 0.119 e. The molecule has 0 aliphatic rings. The second-order valence-corrected chi connectivity index (χ2v) is 4.75. The molecule has 1 N–H and O–H groups in total. The second kappa shape index (κ2) is 5.63. The average Bonchev–Trinajstić information content (AvgIpc) is 2.39. The molecular weight excluding hydrogens is 246 g/mol. The average molecular weight is 257 g/mol. The van der Waals surface area contributed by atoms with Crippen LogP contribution in [0, 0.1) is 11.3 Å². The molecule has 0 bridgehead atoms.